The summed E-state index contributed by atoms with van der Waals surface area (Å²) < 4.78 is 0. The summed E-state index contributed by atoms with van der Waals surface area (Å²) in [6.45, 7) is 7.53. The molecule has 0 aliphatic heterocycles. The molecule has 1 N–H and O–H groups in total. The molecule has 3 heteroatoms. The molecule has 0 radical (unpaired) electrons. The Morgan fingerprint density at radius 1 is 1.73 bits per heavy atom. The zero-order valence-electron chi connectivity index (χ0n) is 7.59. The van der Waals surface area contributed by atoms with E-state index >= 15 is 0 Å². The maximum absolute atomic E-state index is 7.35. The molecular weight excluding hydrogens is 138 g/mol. The van der Waals surface area contributed by atoms with Gasteiger partial charge >= 0.3 is 0 Å². The predicted octanol–water partition coefficient (Wildman–Crippen LogP) is 1.74. The van der Waals surface area contributed by atoms with Gasteiger partial charge in [0.2, 0.25) is 5.96 Å². The van der Waals surface area contributed by atoms with Crippen molar-refractivity contribution in [3.8, 4) is 0 Å². The van der Waals surface area contributed by atoms with Gasteiger partial charge in [0.1, 0.15) is 0 Å². The van der Waals surface area contributed by atoms with Crippen molar-refractivity contribution in [1.29, 1.82) is 5.41 Å². The Labute approximate surface area is 68.6 Å². The molecule has 1 atom stereocenters. The summed E-state index contributed by atoms with van der Waals surface area (Å²) in [5.41, 5.74) is 0. The Morgan fingerprint density at radius 3 is 2.64 bits per heavy atom. The lowest BCUT2D eigenvalue weighted by molar-refractivity contribution is 0.362. The molecule has 0 aliphatic rings. The summed E-state index contributed by atoms with van der Waals surface area (Å²) in [5, 5.41) is 7.35. The minimum atomic E-state index is 0.256. The van der Waals surface area contributed by atoms with Crippen LogP contribution in [0.25, 0.3) is 0 Å². The van der Waals surface area contributed by atoms with Crippen molar-refractivity contribution in [2.24, 2.45) is 4.99 Å². The summed E-state index contributed by atoms with van der Waals surface area (Å²) in [6, 6.07) is 0.387. The highest BCUT2D eigenvalue weighted by Gasteiger charge is 2.09. The molecule has 0 heterocycles. The fraction of sp³-hybridized carbons (Fsp3) is 0.750. The predicted molar refractivity (Wildman–Crippen MR) is 49.4 cm³/mol. The maximum Gasteiger partial charge on any atom is 0.217 e. The van der Waals surface area contributed by atoms with E-state index in [1.165, 1.54) is 0 Å². The van der Waals surface area contributed by atoms with Crippen LogP contribution in [-0.2, 0) is 0 Å². The fourth-order valence-corrected chi connectivity index (χ4v) is 0.932. The number of nitrogens with one attached hydrogen (secondary N) is 1. The minimum absolute atomic E-state index is 0.256. The topological polar surface area (TPSA) is 39.5 Å². The van der Waals surface area contributed by atoms with E-state index in [1.807, 2.05) is 11.9 Å². The molecule has 3 nitrogen and oxygen atoms in total. The van der Waals surface area contributed by atoms with Crippen LogP contribution in [-0.4, -0.2) is 30.7 Å². The Bertz CT molecular complexity index is 142. The van der Waals surface area contributed by atoms with Gasteiger partial charge in [-0.1, -0.05) is 13.3 Å². The number of guanidine groups is 1. The van der Waals surface area contributed by atoms with Crippen molar-refractivity contribution in [2.75, 3.05) is 7.05 Å². The molecule has 0 saturated heterocycles. The van der Waals surface area contributed by atoms with Crippen molar-refractivity contribution in [1.82, 2.24) is 4.90 Å². The standard InChI is InChI=1S/C8H17N3/c1-5-6-7(2)11(4)8(9)10-3/h7,9H,3,5-6H2,1-2,4H3/t7-/m0/s1. The second-order valence-electron chi connectivity index (χ2n) is 2.73. The van der Waals surface area contributed by atoms with Crippen LogP contribution in [0.5, 0.6) is 0 Å². The lowest BCUT2D eigenvalue weighted by Gasteiger charge is -2.24. The van der Waals surface area contributed by atoms with Crippen molar-refractivity contribution in [3.63, 3.8) is 0 Å². The fourth-order valence-electron chi connectivity index (χ4n) is 0.932. The summed E-state index contributed by atoms with van der Waals surface area (Å²) in [5.74, 6) is 0.256. The van der Waals surface area contributed by atoms with Crippen LogP contribution in [0.2, 0.25) is 0 Å². The van der Waals surface area contributed by atoms with Crippen LogP contribution < -0.4 is 0 Å². The van der Waals surface area contributed by atoms with Gasteiger partial charge in [-0.25, -0.2) is 4.99 Å². The minimum Gasteiger partial charge on any atom is -0.342 e. The van der Waals surface area contributed by atoms with Gasteiger partial charge in [0.05, 0.1) is 0 Å². The van der Waals surface area contributed by atoms with Crippen molar-refractivity contribution in [2.45, 2.75) is 32.7 Å². The van der Waals surface area contributed by atoms with Gasteiger partial charge < -0.3 is 4.90 Å². The van der Waals surface area contributed by atoms with Crippen LogP contribution in [0.4, 0.5) is 0 Å². The maximum atomic E-state index is 7.35. The lowest BCUT2D eigenvalue weighted by atomic mass is 10.2. The van der Waals surface area contributed by atoms with E-state index in [1.54, 1.807) is 0 Å². The van der Waals surface area contributed by atoms with Gasteiger partial charge in [0.15, 0.2) is 0 Å². The van der Waals surface area contributed by atoms with Gasteiger partial charge in [0.25, 0.3) is 0 Å². The average molecular weight is 155 g/mol. The second kappa shape index (κ2) is 4.88. The molecule has 0 spiro atoms. The molecule has 0 amide bonds. The smallest absolute Gasteiger partial charge is 0.217 e. The van der Waals surface area contributed by atoms with Gasteiger partial charge in [-0.15, -0.1) is 0 Å². The SMILES string of the molecule is C=NC(=N)N(C)[C@@H](C)CCC. The third kappa shape index (κ3) is 3.16. The second-order valence-corrected chi connectivity index (χ2v) is 2.73. The molecular formula is C8H17N3. The van der Waals surface area contributed by atoms with E-state index in [0.29, 0.717) is 6.04 Å². The normalized spacial score (nSPS) is 12.3. The van der Waals surface area contributed by atoms with Crippen molar-refractivity contribution < 1.29 is 0 Å². The highest BCUT2D eigenvalue weighted by Crippen LogP contribution is 2.03. The Hall–Kier alpha value is -0.860. The molecule has 64 valence electrons. The van der Waals surface area contributed by atoms with E-state index in [4.69, 9.17) is 5.41 Å². The first-order valence-electron chi connectivity index (χ1n) is 3.91. The van der Waals surface area contributed by atoms with E-state index < -0.39 is 0 Å². The molecule has 0 aliphatic carbocycles. The molecule has 0 aromatic rings. The summed E-state index contributed by atoms with van der Waals surface area (Å²) in [7, 11) is 1.87. The Kier molecular flexibility index (Phi) is 4.50. The highest BCUT2D eigenvalue weighted by molar-refractivity contribution is 5.81. The Morgan fingerprint density at radius 2 is 2.27 bits per heavy atom. The van der Waals surface area contributed by atoms with Crippen LogP contribution >= 0.6 is 0 Å². The largest absolute Gasteiger partial charge is 0.342 e. The number of hydrogen-bond acceptors (Lipinski definition) is 1. The third-order valence-electron chi connectivity index (χ3n) is 1.85. The van der Waals surface area contributed by atoms with Crippen LogP contribution in [0.1, 0.15) is 26.7 Å². The zero-order chi connectivity index (χ0) is 8.85. The number of nitrogens with zero attached hydrogens (tertiary/aromatic N) is 2. The summed E-state index contributed by atoms with van der Waals surface area (Å²) in [6.07, 6.45) is 2.23. The van der Waals surface area contributed by atoms with Gasteiger partial charge in [-0.2, -0.15) is 0 Å². The van der Waals surface area contributed by atoms with Crippen molar-refractivity contribution >= 4 is 12.7 Å². The van der Waals surface area contributed by atoms with E-state index in [9.17, 15) is 0 Å². The molecule has 0 saturated carbocycles. The first-order chi connectivity index (χ1) is 5.13. The van der Waals surface area contributed by atoms with Crippen LogP contribution in [0.15, 0.2) is 4.99 Å². The molecule has 0 unspecified atom stereocenters. The molecule has 0 bridgehead atoms. The van der Waals surface area contributed by atoms with E-state index in [-0.39, 0.29) is 5.96 Å². The molecule has 0 aromatic carbocycles. The molecule has 11 heavy (non-hydrogen) atoms. The van der Waals surface area contributed by atoms with Crippen LogP contribution in [0.3, 0.4) is 0 Å². The summed E-state index contributed by atoms with van der Waals surface area (Å²) in [4.78, 5) is 5.38. The van der Waals surface area contributed by atoms with Crippen LogP contribution in [0, 0.1) is 5.41 Å². The molecule has 0 rings (SSSR count). The number of rotatable bonds is 3. The van der Waals surface area contributed by atoms with Crippen molar-refractivity contribution in [3.05, 3.63) is 0 Å². The Balaban J connectivity index is 3.89. The average Bonchev–Trinajstić information content (AvgIpc) is 2.02. The number of hydrogen-bond donors (Lipinski definition) is 1. The van der Waals surface area contributed by atoms with E-state index in [0.717, 1.165) is 12.8 Å². The first-order valence-corrected chi connectivity index (χ1v) is 3.91. The van der Waals surface area contributed by atoms with E-state index in [2.05, 4.69) is 25.6 Å². The first kappa shape index (κ1) is 10.1. The van der Waals surface area contributed by atoms with Gasteiger partial charge in [0, 0.05) is 13.1 Å². The van der Waals surface area contributed by atoms with Gasteiger partial charge in [-0.3, -0.25) is 5.41 Å². The summed E-state index contributed by atoms with van der Waals surface area (Å²) >= 11 is 0. The quantitative estimate of drug-likeness (QED) is 0.489. The highest BCUT2D eigenvalue weighted by atomic mass is 15.2. The molecule has 0 aromatic heterocycles. The lowest BCUT2D eigenvalue weighted by Crippen LogP contribution is -2.33. The number of aliphatic imine (C=N–C) groups is 1. The zero-order valence-corrected chi connectivity index (χ0v) is 7.59. The third-order valence-corrected chi connectivity index (χ3v) is 1.85. The monoisotopic (exact) mass is 155 g/mol. The molecule has 0 fully saturated rings. The van der Waals surface area contributed by atoms with Gasteiger partial charge in [-0.05, 0) is 20.1 Å².